The molecule has 1 unspecified atom stereocenters. The molecule has 0 amide bonds. The fourth-order valence-corrected chi connectivity index (χ4v) is 4.80. The summed E-state index contributed by atoms with van der Waals surface area (Å²) in [6.45, 7) is 1.57. The Morgan fingerprint density at radius 3 is 2.23 bits per heavy atom. The van der Waals surface area contributed by atoms with Gasteiger partial charge in [-0.2, -0.15) is 10.4 Å². The molecule has 7 nitrogen and oxygen atoms in total. The fraction of sp³-hybridized carbons (Fsp3) is 0.333. The number of ether oxygens (including phenoxy) is 2. The Labute approximate surface area is 202 Å². The second-order valence-corrected chi connectivity index (χ2v) is 10.5. The Hall–Kier alpha value is -2.70. The van der Waals surface area contributed by atoms with E-state index in [1.54, 1.807) is 0 Å². The van der Waals surface area contributed by atoms with Gasteiger partial charge in [-0.3, -0.25) is 4.79 Å². The molecule has 1 aliphatic rings. The van der Waals surface area contributed by atoms with Crippen LogP contribution in [0.15, 0.2) is 22.0 Å². The Kier molecular flexibility index (Phi) is 5.88. The molecule has 17 heteroatoms. The van der Waals surface area contributed by atoms with Crippen LogP contribution in [0.3, 0.4) is 0 Å². The van der Waals surface area contributed by atoms with E-state index in [0.717, 1.165) is 13.5 Å². The summed E-state index contributed by atoms with van der Waals surface area (Å²) in [6, 6.07) is 1.24. The number of esters is 1. The standard InChI is InChI=1S/C18H13Cl2F7N4O3S/c1-3-34-8-29-15-13(17(16(32)33-2)7-18(17,21)22)12(6-28)30-31(15)14-10(19)4-9(5-11(14)20)35(23,24,25,26)27/h4-5,8H,3,7H2,1-2H3/b29-8+. The summed E-state index contributed by atoms with van der Waals surface area (Å²) in [4.78, 5) is 13.7. The minimum absolute atomic E-state index is 0.0382. The van der Waals surface area contributed by atoms with Crippen LogP contribution >= 0.6 is 33.4 Å². The van der Waals surface area contributed by atoms with E-state index < -0.39 is 71.7 Å². The van der Waals surface area contributed by atoms with Crippen molar-refractivity contribution in [3.05, 3.63) is 33.4 Å². The van der Waals surface area contributed by atoms with Crippen molar-refractivity contribution in [3.63, 3.8) is 0 Å². The zero-order valence-corrected chi connectivity index (χ0v) is 19.8. The molecule has 2 aromatic rings. The Morgan fingerprint density at radius 1 is 1.29 bits per heavy atom. The lowest BCUT2D eigenvalue weighted by Gasteiger charge is -2.40. The first kappa shape index (κ1) is 26.9. The van der Waals surface area contributed by atoms with Crippen LogP contribution in [-0.2, 0) is 19.7 Å². The highest BCUT2D eigenvalue weighted by Crippen LogP contribution is 3.02. The highest BCUT2D eigenvalue weighted by Gasteiger charge is 2.80. The molecule has 192 valence electrons. The molecule has 0 radical (unpaired) electrons. The summed E-state index contributed by atoms with van der Waals surface area (Å²) >= 11 is 11.7. The van der Waals surface area contributed by atoms with Crippen molar-refractivity contribution < 1.29 is 42.5 Å². The maximum Gasteiger partial charge on any atom is 0.322 e. The lowest BCUT2D eigenvalue weighted by atomic mass is 9.94. The molecule has 35 heavy (non-hydrogen) atoms. The van der Waals surface area contributed by atoms with E-state index in [9.17, 15) is 38.3 Å². The Bertz CT molecular complexity index is 1290. The van der Waals surface area contributed by atoms with Gasteiger partial charge in [-0.15, -0.1) is 0 Å². The molecule has 1 aromatic carbocycles. The van der Waals surface area contributed by atoms with Gasteiger partial charge in [-0.1, -0.05) is 42.6 Å². The zero-order valence-electron chi connectivity index (χ0n) is 17.5. The van der Waals surface area contributed by atoms with Gasteiger partial charge in [-0.25, -0.2) is 18.5 Å². The van der Waals surface area contributed by atoms with Crippen molar-refractivity contribution in [2.24, 2.45) is 4.99 Å². The molecule has 0 N–H and O–H groups in total. The van der Waals surface area contributed by atoms with Gasteiger partial charge in [0.05, 0.1) is 29.3 Å². The van der Waals surface area contributed by atoms with Crippen LogP contribution in [0, 0.1) is 11.3 Å². The number of halogens is 9. The van der Waals surface area contributed by atoms with Crippen LogP contribution in [0.2, 0.25) is 10.0 Å². The molecule has 0 bridgehead atoms. The molecule has 0 saturated heterocycles. The topological polar surface area (TPSA) is 89.5 Å². The summed E-state index contributed by atoms with van der Waals surface area (Å²) in [6.07, 6.45) is -0.372. The number of aliphatic imine (C=N–C) groups is 1. The summed E-state index contributed by atoms with van der Waals surface area (Å²) in [5.74, 6) is -5.85. The molecule has 1 atom stereocenters. The van der Waals surface area contributed by atoms with E-state index in [-0.39, 0.29) is 18.7 Å². The molecule has 1 aromatic heterocycles. The third kappa shape index (κ3) is 4.50. The van der Waals surface area contributed by atoms with Gasteiger partial charge in [0.15, 0.2) is 23.3 Å². The zero-order chi connectivity index (χ0) is 26.7. The lowest BCUT2D eigenvalue weighted by Crippen LogP contribution is -2.29. The highest BCUT2D eigenvalue weighted by atomic mass is 35.5. The minimum atomic E-state index is -10.2. The SMILES string of the molecule is CCO/C=N/c1c(C2(C(=O)OC)CC2(F)F)c(C#N)nn1-c1c(Cl)cc(S(F)(F)(F)(F)F)cc1Cl. The van der Waals surface area contributed by atoms with E-state index in [1.165, 1.54) is 13.0 Å². The smallest absolute Gasteiger partial charge is 0.322 e. The third-order valence-corrected chi connectivity index (χ3v) is 6.68. The number of carbonyl (C=O) groups excluding carboxylic acids is 1. The van der Waals surface area contributed by atoms with E-state index in [4.69, 9.17) is 27.9 Å². The number of aromatic nitrogens is 2. The number of nitrogens with zero attached hydrogens (tertiary/aromatic N) is 4. The third-order valence-electron chi connectivity index (χ3n) is 4.98. The number of carbonyl (C=O) groups is 1. The van der Waals surface area contributed by atoms with Gasteiger partial charge in [-0.05, 0) is 19.1 Å². The van der Waals surface area contributed by atoms with Crippen LogP contribution in [0.4, 0.5) is 34.0 Å². The second kappa shape index (κ2) is 7.65. The normalized spacial score (nSPS) is 21.2. The van der Waals surface area contributed by atoms with Crippen LogP contribution in [0.5, 0.6) is 0 Å². The van der Waals surface area contributed by atoms with Crippen molar-refractivity contribution in [1.29, 1.82) is 5.26 Å². The van der Waals surface area contributed by atoms with Crippen molar-refractivity contribution >= 4 is 51.6 Å². The Morgan fingerprint density at radius 2 is 1.83 bits per heavy atom. The molecular weight excluding hydrogens is 556 g/mol. The molecule has 1 fully saturated rings. The number of alkyl halides is 2. The first-order valence-corrected chi connectivity index (χ1v) is 11.9. The molecule has 1 aliphatic carbocycles. The van der Waals surface area contributed by atoms with E-state index in [1.807, 2.05) is 0 Å². The number of hydrogen-bond donors (Lipinski definition) is 0. The molecule has 0 aliphatic heterocycles. The van der Waals surface area contributed by atoms with Gasteiger partial charge in [0.2, 0.25) is 0 Å². The average molecular weight is 569 g/mol. The monoisotopic (exact) mass is 568 g/mol. The number of rotatable bonds is 7. The lowest BCUT2D eigenvalue weighted by molar-refractivity contribution is -0.146. The summed E-state index contributed by atoms with van der Waals surface area (Å²) in [5.41, 5.74) is -4.95. The average Bonchev–Trinajstić information content (AvgIpc) is 3.12. The van der Waals surface area contributed by atoms with E-state index in [0.29, 0.717) is 4.68 Å². The minimum Gasteiger partial charge on any atom is -0.483 e. The molecule has 0 spiro atoms. The fourth-order valence-electron chi connectivity index (χ4n) is 3.34. The first-order valence-electron chi connectivity index (χ1n) is 9.22. The Balaban J connectivity index is 2.39. The van der Waals surface area contributed by atoms with Gasteiger partial charge >= 0.3 is 16.2 Å². The van der Waals surface area contributed by atoms with E-state index >= 15 is 0 Å². The largest absolute Gasteiger partial charge is 0.483 e. The van der Waals surface area contributed by atoms with Crippen molar-refractivity contribution in [3.8, 4) is 11.8 Å². The van der Waals surface area contributed by atoms with E-state index in [2.05, 4.69) is 14.8 Å². The number of methoxy groups -OCH3 is 1. The summed E-state index contributed by atoms with van der Waals surface area (Å²) in [7, 11) is -9.39. The molecule has 1 heterocycles. The maximum atomic E-state index is 14.5. The van der Waals surface area contributed by atoms with Gasteiger partial charge in [0.1, 0.15) is 16.7 Å². The van der Waals surface area contributed by atoms with Crippen LogP contribution in [0.25, 0.3) is 5.69 Å². The molecule has 3 rings (SSSR count). The van der Waals surface area contributed by atoms with Crippen LogP contribution in [0.1, 0.15) is 24.6 Å². The predicted octanol–water partition coefficient (Wildman–Crippen LogP) is 6.85. The predicted molar refractivity (Wildman–Crippen MR) is 113 cm³/mol. The van der Waals surface area contributed by atoms with Gasteiger partial charge in [0.25, 0.3) is 5.92 Å². The van der Waals surface area contributed by atoms with Crippen molar-refractivity contribution in [2.45, 2.75) is 29.6 Å². The maximum absolute atomic E-state index is 14.5. The molecule has 1 saturated carbocycles. The summed E-state index contributed by atoms with van der Waals surface area (Å²) < 4.78 is 105. The number of benzene rings is 1. The summed E-state index contributed by atoms with van der Waals surface area (Å²) in [5, 5.41) is 11.2. The second-order valence-electron chi connectivity index (χ2n) is 7.24. The number of nitriles is 1. The highest BCUT2D eigenvalue weighted by molar-refractivity contribution is 8.45. The number of hydrogen-bond acceptors (Lipinski definition) is 6. The quantitative estimate of drug-likeness (QED) is 0.158. The van der Waals surface area contributed by atoms with Crippen molar-refractivity contribution in [1.82, 2.24) is 9.78 Å². The van der Waals surface area contributed by atoms with Crippen LogP contribution in [-0.4, -0.2) is 41.8 Å². The van der Waals surface area contributed by atoms with Crippen LogP contribution < -0.4 is 0 Å². The first-order chi connectivity index (χ1) is 15.8. The van der Waals surface area contributed by atoms with Crippen molar-refractivity contribution in [2.75, 3.05) is 13.7 Å². The van der Waals surface area contributed by atoms with Gasteiger partial charge in [0, 0.05) is 6.42 Å². The van der Waals surface area contributed by atoms with Gasteiger partial charge < -0.3 is 9.47 Å². The molecular formula is C18H13Cl2F7N4O3S.